The maximum absolute atomic E-state index is 4.34. The van der Waals surface area contributed by atoms with Crippen LogP contribution in [0.3, 0.4) is 0 Å². The molecule has 1 heteroatoms. The zero-order valence-electron chi connectivity index (χ0n) is 12.0. The van der Waals surface area contributed by atoms with Crippen molar-refractivity contribution in [2.24, 2.45) is 0 Å². The van der Waals surface area contributed by atoms with Crippen molar-refractivity contribution >= 4 is 0 Å². The molecule has 0 saturated carbocycles. The van der Waals surface area contributed by atoms with Gasteiger partial charge in [0.15, 0.2) is 0 Å². The van der Waals surface area contributed by atoms with Crippen LogP contribution in [-0.4, -0.2) is 4.98 Å². The Morgan fingerprint density at radius 3 is 2.06 bits per heavy atom. The molecule has 1 nitrogen and oxygen atoms in total. The van der Waals surface area contributed by atoms with Gasteiger partial charge in [0.05, 0.1) is 0 Å². The third kappa shape index (κ3) is 2.61. The van der Waals surface area contributed by atoms with Crippen LogP contribution >= 0.6 is 0 Å². The summed E-state index contributed by atoms with van der Waals surface area (Å²) >= 11 is 0. The van der Waals surface area contributed by atoms with E-state index in [2.05, 4.69) is 57.8 Å². The molecule has 18 heavy (non-hydrogen) atoms. The molecule has 1 heterocycles. The van der Waals surface area contributed by atoms with E-state index in [0.717, 1.165) is 12.1 Å². The van der Waals surface area contributed by atoms with Gasteiger partial charge < -0.3 is 0 Å². The number of pyridine rings is 1. The standard InChI is InChI=1S/C17H21N/c1-11-6-13(3)16(7-12(11)2)9-17-8-15(5)18-10-14(17)4/h6-8,10H,9H2,1-5H3. The zero-order valence-corrected chi connectivity index (χ0v) is 12.0. The van der Waals surface area contributed by atoms with E-state index in [0.29, 0.717) is 0 Å². The molecule has 0 atom stereocenters. The number of rotatable bonds is 2. The van der Waals surface area contributed by atoms with E-state index in [1.165, 1.54) is 33.4 Å². The average Bonchev–Trinajstić information content (AvgIpc) is 2.30. The molecular formula is C17H21N. The molecule has 0 bridgehead atoms. The van der Waals surface area contributed by atoms with Crippen LogP contribution < -0.4 is 0 Å². The van der Waals surface area contributed by atoms with E-state index in [9.17, 15) is 0 Å². The predicted molar refractivity (Wildman–Crippen MR) is 77.2 cm³/mol. The highest BCUT2D eigenvalue weighted by Gasteiger charge is 2.06. The molecule has 1 aromatic heterocycles. The van der Waals surface area contributed by atoms with Gasteiger partial charge in [0.1, 0.15) is 0 Å². The van der Waals surface area contributed by atoms with Gasteiger partial charge in [-0.15, -0.1) is 0 Å². The smallest absolute Gasteiger partial charge is 0.0375 e. The van der Waals surface area contributed by atoms with Gasteiger partial charge in [-0.3, -0.25) is 4.98 Å². The van der Waals surface area contributed by atoms with Crippen molar-refractivity contribution in [3.63, 3.8) is 0 Å². The summed E-state index contributed by atoms with van der Waals surface area (Å²) in [6.07, 6.45) is 2.98. The van der Waals surface area contributed by atoms with Gasteiger partial charge in [-0.2, -0.15) is 0 Å². The van der Waals surface area contributed by atoms with Gasteiger partial charge in [0, 0.05) is 11.9 Å². The molecule has 0 saturated heterocycles. The Bertz CT molecular complexity index is 582. The molecule has 94 valence electrons. The molecule has 0 N–H and O–H groups in total. The van der Waals surface area contributed by atoms with Crippen molar-refractivity contribution in [1.82, 2.24) is 4.98 Å². The second-order valence-electron chi connectivity index (χ2n) is 5.29. The maximum atomic E-state index is 4.34. The number of aryl methyl sites for hydroxylation is 5. The minimum absolute atomic E-state index is 1.00. The van der Waals surface area contributed by atoms with E-state index in [4.69, 9.17) is 0 Å². The lowest BCUT2D eigenvalue weighted by atomic mass is 9.94. The maximum Gasteiger partial charge on any atom is 0.0375 e. The van der Waals surface area contributed by atoms with Crippen molar-refractivity contribution in [1.29, 1.82) is 0 Å². The van der Waals surface area contributed by atoms with Crippen LogP contribution in [0.25, 0.3) is 0 Å². The van der Waals surface area contributed by atoms with Crippen LogP contribution in [0.5, 0.6) is 0 Å². The van der Waals surface area contributed by atoms with Crippen molar-refractivity contribution in [3.8, 4) is 0 Å². The fourth-order valence-electron chi connectivity index (χ4n) is 2.29. The first kappa shape index (κ1) is 12.8. The van der Waals surface area contributed by atoms with Gasteiger partial charge in [0.25, 0.3) is 0 Å². The molecule has 0 unspecified atom stereocenters. The summed E-state index contributed by atoms with van der Waals surface area (Å²) in [5, 5.41) is 0. The van der Waals surface area contributed by atoms with Gasteiger partial charge in [-0.25, -0.2) is 0 Å². The molecule has 2 rings (SSSR count). The lowest BCUT2D eigenvalue weighted by Crippen LogP contribution is -1.98. The fraction of sp³-hybridized carbons (Fsp3) is 0.353. The van der Waals surface area contributed by atoms with Gasteiger partial charge in [0.2, 0.25) is 0 Å². The van der Waals surface area contributed by atoms with Crippen LogP contribution in [0, 0.1) is 34.6 Å². The Balaban J connectivity index is 2.40. The van der Waals surface area contributed by atoms with Crippen molar-refractivity contribution in [2.75, 3.05) is 0 Å². The largest absolute Gasteiger partial charge is 0.261 e. The Hall–Kier alpha value is -1.63. The van der Waals surface area contributed by atoms with Gasteiger partial charge >= 0.3 is 0 Å². The Labute approximate surface area is 110 Å². The Morgan fingerprint density at radius 1 is 0.722 bits per heavy atom. The number of aromatic nitrogens is 1. The lowest BCUT2D eigenvalue weighted by Gasteiger charge is -2.12. The van der Waals surface area contributed by atoms with Crippen molar-refractivity contribution in [2.45, 2.75) is 41.0 Å². The topological polar surface area (TPSA) is 12.9 Å². The summed E-state index contributed by atoms with van der Waals surface area (Å²) in [5.41, 5.74) is 9.31. The highest BCUT2D eigenvalue weighted by atomic mass is 14.7. The highest BCUT2D eigenvalue weighted by Crippen LogP contribution is 2.20. The monoisotopic (exact) mass is 239 g/mol. The van der Waals surface area contributed by atoms with Crippen LogP contribution in [0.4, 0.5) is 0 Å². The summed E-state index contributed by atoms with van der Waals surface area (Å²) in [4.78, 5) is 4.34. The molecule has 0 aliphatic rings. The summed E-state index contributed by atoms with van der Waals surface area (Å²) in [6.45, 7) is 10.7. The Kier molecular flexibility index (Phi) is 3.51. The van der Waals surface area contributed by atoms with Crippen LogP contribution in [0.15, 0.2) is 24.4 Å². The third-order valence-corrected chi connectivity index (χ3v) is 3.68. The summed E-state index contributed by atoms with van der Waals surface area (Å²) in [7, 11) is 0. The first-order valence-corrected chi connectivity index (χ1v) is 6.46. The first-order valence-electron chi connectivity index (χ1n) is 6.46. The van der Waals surface area contributed by atoms with Crippen LogP contribution in [0.1, 0.15) is 39.1 Å². The van der Waals surface area contributed by atoms with E-state index in [1.807, 2.05) is 6.20 Å². The third-order valence-electron chi connectivity index (χ3n) is 3.68. The number of benzene rings is 1. The quantitative estimate of drug-likeness (QED) is 0.765. The second-order valence-corrected chi connectivity index (χ2v) is 5.29. The van der Waals surface area contributed by atoms with Crippen LogP contribution in [-0.2, 0) is 6.42 Å². The number of hydrogen-bond donors (Lipinski definition) is 0. The first-order chi connectivity index (χ1) is 8.47. The number of hydrogen-bond acceptors (Lipinski definition) is 1. The van der Waals surface area contributed by atoms with E-state index in [-0.39, 0.29) is 0 Å². The lowest BCUT2D eigenvalue weighted by molar-refractivity contribution is 1.06. The summed E-state index contributed by atoms with van der Waals surface area (Å²) < 4.78 is 0. The van der Waals surface area contributed by atoms with Gasteiger partial charge in [-0.05, 0) is 80.5 Å². The second kappa shape index (κ2) is 4.93. The minimum atomic E-state index is 1.00. The molecular weight excluding hydrogens is 218 g/mol. The zero-order chi connectivity index (χ0) is 13.3. The molecule has 2 aromatic rings. The van der Waals surface area contributed by atoms with Crippen molar-refractivity contribution < 1.29 is 0 Å². The molecule has 0 fully saturated rings. The number of nitrogens with zero attached hydrogens (tertiary/aromatic N) is 1. The van der Waals surface area contributed by atoms with E-state index >= 15 is 0 Å². The highest BCUT2D eigenvalue weighted by molar-refractivity contribution is 5.40. The SMILES string of the molecule is Cc1cc(Cc2cc(C)c(C)cc2C)c(C)cn1. The normalized spacial score (nSPS) is 10.7. The van der Waals surface area contributed by atoms with E-state index in [1.54, 1.807) is 0 Å². The van der Waals surface area contributed by atoms with Gasteiger partial charge in [-0.1, -0.05) is 12.1 Å². The molecule has 1 aromatic carbocycles. The molecule has 0 spiro atoms. The van der Waals surface area contributed by atoms with Crippen LogP contribution in [0.2, 0.25) is 0 Å². The molecule has 0 amide bonds. The summed E-state index contributed by atoms with van der Waals surface area (Å²) in [6, 6.07) is 6.80. The average molecular weight is 239 g/mol. The minimum Gasteiger partial charge on any atom is -0.261 e. The molecule has 0 aliphatic heterocycles. The predicted octanol–water partition coefficient (Wildman–Crippen LogP) is 4.21. The molecule has 0 radical (unpaired) electrons. The summed E-state index contributed by atoms with van der Waals surface area (Å²) in [5.74, 6) is 0. The van der Waals surface area contributed by atoms with E-state index < -0.39 is 0 Å². The fourth-order valence-corrected chi connectivity index (χ4v) is 2.29. The van der Waals surface area contributed by atoms with Crippen molar-refractivity contribution in [3.05, 3.63) is 63.5 Å². The Morgan fingerprint density at radius 2 is 1.33 bits per heavy atom. The molecule has 0 aliphatic carbocycles.